The maximum atomic E-state index is 2.64. The van der Waals surface area contributed by atoms with E-state index in [1.165, 1.54) is 99.9 Å². The topological polar surface area (TPSA) is 8.17 Å². The van der Waals surface area contributed by atoms with E-state index >= 15 is 0 Å². The molecule has 0 saturated heterocycles. The third-order valence-corrected chi connectivity index (χ3v) is 12.9. The van der Waals surface area contributed by atoms with Gasteiger partial charge in [-0.05, 0) is 91.8 Å². The van der Waals surface area contributed by atoms with Crippen LogP contribution in [0.5, 0.6) is 0 Å². The highest BCUT2D eigenvalue weighted by atomic mass is 15.1. The van der Waals surface area contributed by atoms with Crippen molar-refractivity contribution in [3.8, 4) is 27.9 Å². The third kappa shape index (κ3) is 4.10. The monoisotopic (exact) mass is 700 g/mol. The molecule has 1 aliphatic carbocycles. The molecule has 3 heteroatoms. The minimum Gasteiger partial charge on any atom is -0.376 e. The summed E-state index contributed by atoms with van der Waals surface area (Å²) in [7, 11) is 0. The van der Waals surface area contributed by atoms with Gasteiger partial charge in [-0.25, -0.2) is 0 Å². The van der Waals surface area contributed by atoms with Gasteiger partial charge in [0.25, 0.3) is 0 Å². The van der Waals surface area contributed by atoms with E-state index in [9.17, 15) is 0 Å². The third-order valence-electron chi connectivity index (χ3n) is 12.9. The quantitative estimate of drug-likeness (QED) is 0.131. The minimum atomic E-state index is -0.120. The molecule has 3 aliphatic rings. The number of hydrogen-bond donors (Lipinski definition) is 0. The van der Waals surface area contributed by atoms with E-state index < -0.39 is 0 Å². The van der Waals surface area contributed by atoms with Crippen molar-refractivity contribution in [2.24, 2.45) is 0 Å². The Morgan fingerprint density at radius 1 is 0.509 bits per heavy atom. The van der Waals surface area contributed by atoms with Gasteiger partial charge in [0.2, 0.25) is 0 Å². The molecule has 3 heterocycles. The van der Waals surface area contributed by atoms with E-state index in [0.717, 1.165) is 0 Å². The normalized spacial score (nSPS) is 14.2. The molecule has 1 aromatic heterocycles. The molecule has 0 N–H and O–H groups in total. The minimum absolute atomic E-state index is 0.0348. The maximum absolute atomic E-state index is 2.64. The first-order valence-electron chi connectivity index (χ1n) is 19.5. The van der Waals surface area contributed by atoms with Gasteiger partial charge in [0.1, 0.15) is 0 Å². The van der Waals surface area contributed by atoms with Crippen LogP contribution in [0, 0.1) is 0 Å². The molecule has 55 heavy (non-hydrogen) atoms. The van der Waals surface area contributed by atoms with Crippen LogP contribution in [-0.4, -0.2) is 11.4 Å². The Hall–Kier alpha value is -6.58. The lowest BCUT2D eigenvalue weighted by Gasteiger charge is -2.42. The fourth-order valence-corrected chi connectivity index (χ4v) is 10.6. The van der Waals surface area contributed by atoms with Crippen LogP contribution in [0.3, 0.4) is 0 Å². The molecule has 8 aromatic carbocycles. The van der Waals surface area contributed by atoms with Crippen LogP contribution in [0.15, 0.2) is 182 Å². The summed E-state index contributed by atoms with van der Waals surface area (Å²) in [4.78, 5) is 2.63. The Labute approximate surface area is 322 Å². The fourth-order valence-electron chi connectivity index (χ4n) is 10.6. The second-order valence-corrected chi connectivity index (χ2v) is 16.0. The second-order valence-electron chi connectivity index (χ2n) is 16.0. The van der Waals surface area contributed by atoms with Crippen LogP contribution in [0.4, 0.5) is 11.4 Å². The SMILES string of the molecule is CC1(C)c2ccccc2-c2cc3c(cc21)B1c2c(cc(C(c4ccccc4)c4ccccc4)c4c5ccccc5n-3c24)-c2ccccc2N1c1ccccc1. The molecule has 2 aliphatic heterocycles. The first-order chi connectivity index (χ1) is 27.1. The molecule has 258 valence electrons. The zero-order valence-corrected chi connectivity index (χ0v) is 30.9. The molecule has 0 saturated carbocycles. The predicted molar refractivity (Wildman–Crippen MR) is 231 cm³/mol. The first-order valence-corrected chi connectivity index (χ1v) is 19.5. The number of para-hydroxylation sites is 3. The van der Waals surface area contributed by atoms with Gasteiger partial charge in [-0.1, -0.05) is 159 Å². The number of hydrogen-bond acceptors (Lipinski definition) is 1. The molecule has 0 radical (unpaired) electrons. The molecular weight excluding hydrogens is 663 g/mol. The second kappa shape index (κ2) is 11.2. The highest BCUT2D eigenvalue weighted by molar-refractivity contribution is 6.93. The van der Waals surface area contributed by atoms with Crippen LogP contribution in [0.2, 0.25) is 0 Å². The standard InChI is InChI=1S/C52H37BN2/c1-52(2)42-27-15-12-24-36(42)39-31-47-44(32-43(39)52)53-50-40(37-25-13-17-29-46(37)55(53)35-22-10-5-11-23-35)30-41(49-38-26-14-16-28-45(38)54(47)51(49)50)48(33-18-6-3-7-19-33)34-20-8-4-9-21-34/h3-32,48H,1-2H3. The Morgan fingerprint density at radius 2 is 1.13 bits per heavy atom. The highest BCUT2D eigenvalue weighted by Gasteiger charge is 2.47. The summed E-state index contributed by atoms with van der Waals surface area (Å²) in [6.07, 6.45) is 0. The van der Waals surface area contributed by atoms with Crippen molar-refractivity contribution < 1.29 is 0 Å². The van der Waals surface area contributed by atoms with Crippen LogP contribution < -0.4 is 15.7 Å². The van der Waals surface area contributed by atoms with Gasteiger partial charge in [-0.2, -0.15) is 0 Å². The van der Waals surface area contributed by atoms with Crippen LogP contribution >= 0.6 is 0 Å². The number of rotatable bonds is 4. The average Bonchev–Trinajstić information content (AvgIpc) is 3.70. The molecule has 0 atom stereocenters. The Morgan fingerprint density at radius 3 is 1.87 bits per heavy atom. The van der Waals surface area contributed by atoms with Crippen molar-refractivity contribution >= 4 is 51.0 Å². The summed E-state index contributed by atoms with van der Waals surface area (Å²) >= 11 is 0. The Bertz CT molecular complexity index is 2980. The van der Waals surface area contributed by atoms with Crippen molar-refractivity contribution in [1.29, 1.82) is 0 Å². The number of fused-ring (bicyclic) bond motifs is 11. The van der Waals surface area contributed by atoms with Crippen LogP contribution in [-0.2, 0) is 5.41 Å². The van der Waals surface area contributed by atoms with E-state index in [0.29, 0.717) is 0 Å². The molecule has 0 spiro atoms. The lowest BCUT2D eigenvalue weighted by atomic mass is 9.43. The van der Waals surface area contributed by atoms with Gasteiger partial charge in [0.15, 0.2) is 0 Å². The Balaban J connectivity index is 1.29. The summed E-state index contributed by atoms with van der Waals surface area (Å²) in [5.74, 6) is 0.0406. The van der Waals surface area contributed by atoms with Crippen molar-refractivity contribution in [1.82, 2.24) is 4.57 Å². The van der Waals surface area contributed by atoms with E-state index in [4.69, 9.17) is 0 Å². The average molecular weight is 701 g/mol. The predicted octanol–water partition coefficient (Wildman–Crippen LogP) is 11.5. The summed E-state index contributed by atoms with van der Waals surface area (Å²) < 4.78 is 2.64. The molecule has 0 fully saturated rings. The van der Waals surface area contributed by atoms with Crippen molar-refractivity contribution in [2.75, 3.05) is 4.81 Å². The summed E-state index contributed by atoms with van der Waals surface area (Å²) in [5.41, 5.74) is 20.9. The molecule has 0 bridgehead atoms. The molecular formula is C52H37BN2. The number of nitrogens with zero attached hydrogens (tertiary/aromatic N) is 2. The van der Waals surface area contributed by atoms with Crippen LogP contribution in [0.25, 0.3) is 49.7 Å². The largest absolute Gasteiger partial charge is 0.376 e. The van der Waals surface area contributed by atoms with Gasteiger partial charge >= 0.3 is 6.85 Å². The van der Waals surface area contributed by atoms with Crippen molar-refractivity contribution in [2.45, 2.75) is 25.2 Å². The molecule has 0 unspecified atom stereocenters. The van der Waals surface area contributed by atoms with E-state index in [-0.39, 0.29) is 18.2 Å². The number of anilines is 2. The lowest BCUT2D eigenvalue weighted by molar-refractivity contribution is 0.661. The fraction of sp³-hybridized carbons (Fsp3) is 0.0769. The van der Waals surface area contributed by atoms with E-state index in [2.05, 4.69) is 205 Å². The lowest BCUT2D eigenvalue weighted by Crippen LogP contribution is -2.60. The maximum Gasteiger partial charge on any atom is 0.333 e. The van der Waals surface area contributed by atoms with E-state index in [1.807, 2.05) is 0 Å². The van der Waals surface area contributed by atoms with Crippen LogP contribution in [0.1, 0.15) is 47.6 Å². The van der Waals surface area contributed by atoms with Gasteiger partial charge < -0.3 is 9.38 Å². The number of benzene rings is 8. The zero-order valence-electron chi connectivity index (χ0n) is 30.9. The highest BCUT2D eigenvalue weighted by Crippen LogP contribution is 2.52. The summed E-state index contributed by atoms with van der Waals surface area (Å²) in [6, 6.07) is 68.3. The molecule has 12 rings (SSSR count). The Kier molecular flexibility index (Phi) is 6.29. The molecule has 9 aromatic rings. The van der Waals surface area contributed by atoms with Crippen molar-refractivity contribution in [3.05, 3.63) is 210 Å². The molecule has 2 nitrogen and oxygen atoms in total. The smallest absolute Gasteiger partial charge is 0.333 e. The van der Waals surface area contributed by atoms with Gasteiger partial charge in [-0.3, -0.25) is 0 Å². The van der Waals surface area contributed by atoms with Gasteiger partial charge in [-0.15, -0.1) is 0 Å². The first kappa shape index (κ1) is 30.8. The molecule has 0 amide bonds. The number of aromatic nitrogens is 1. The van der Waals surface area contributed by atoms with Crippen molar-refractivity contribution in [3.63, 3.8) is 0 Å². The summed E-state index contributed by atoms with van der Waals surface area (Å²) in [5, 5.41) is 2.64. The van der Waals surface area contributed by atoms with Gasteiger partial charge in [0.05, 0.1) is 11.0 Å². The zero-order chi connectivity index (χ0) is 36.4. The van der Waals surface area contributed by atoms with Gasteiger partial charge in [0, 0.05) is 44.7 Å². The summed E-state index contributed by atoms with van der Waals surface area (Å²) in [6.45, 7) is 4.77. The van der Waals surface area contributed by atoms with E-state index in [1.54, 1.807) is 0 Å².